The zero-order valence-corrected chi connectivity index (χ0v) is 12.7. The number of nitrogens with one attached hydrogen (secondary N) is 1. The molecule has 1 aromatic heterocycles. The van der Waals surface area contributed by atoms with Crippen molar-refractivity contribution in [2.75, 3.05) is 19.6 Å². The molecule has 108 valence electrons. The Kier molecular flexibility index (Phi) is 4.97. The van der Waals surface area contributed by atoms with Gasteiger partial charge in [0.25, 0.3) is 10.2 Å². The van der Waals surface area contributed by atoms with Gasteiger partial charge < -0.3 is 5.73 Å². The van der Waals surface area contributed by atoms with Crippen LogP contribution in [-0.2, 0) is 10.2 Å². The molecule has 1 atom stereocenters. The van der Waals surface area contributed by atoms with Gasteiger partial charge in [0.05, 0.1) is 6.04 Å². The molecule has 1 aliphatic heterocycles. The minimum Gasteiger partial charge on any atom is -0.330 e. The van der Waals surface area contributed by atoms with E-state index in [1.807, 2.05) is 24.4 Å². The Morgan fingerprint density at radius 2 is 2.21 bits per heavy atom. The molecular weight excluding hydrogens is 282 g/mol. The number of hydrogen-bond donors (Lipinski definition) is 2. The van der Waals surface area contributed by atoms with Gasteiger partial charge in [0.1, 0.15) is 0 Å². The number of nitrogens with zero attached hydrogens (tertiary/aromatic N) is 1. The van der Waals surface area contributed by atoms with Crippen molar-refractivity contribution in [1.29, 1.82) is 0 Å². The third-order valence-electron chi connectivity index (χ3n) is 3.54. The summed E-state index contributed by atoms with van der Waals surface area (Å²) in [4.78, 5) is 1.03. The van der Waals surface area contributed by atoms with Crippen molar-refractivity contribution in [3.63, 3.8) is 0 Å². The zero-order chi connectivity index (χ0) is 13.9. The largest absolute Gasteiger partial charge is 0.330 e. The van der Waals surface area contributed by atoms with E-state index in [0.29, 0.717) is 25.6 Å². The highest BCUT2D eigenvalue weighted by atomic mass is 32.2. The predicted octanol–water partition coefficient (Wildman–Crippen LogP) is 1.31. The van der Waals surface area contributed by atoms with Gasteiger partial charge in [-0.1, -0.05) is 6.07 Å². The van der Waals surface area contributed by atoms with E-state index in [4.69, 9.17) is 5.73 Å². The Labute approximate surface area is 119 Å². The van der Waals surface area contributed by atoms with Gasteiger partial charge in [-0.25, -0.2) is 0 Å². The summed E-state index contributed by atoms with van der Waals surface area (Å²) < 4.78 is 28.8. The molecule has 0 saturated carbocycles. The molecule has 2 rings (SSSR count). The summed E-state index contributed by atoms with van der Waals surface area (Å²) in [5.41, 5.74) is 5.62. The van der Waals surface area contributed by atoms with Gasteiger partial charge >= 0.3 is 0 Å². The van der Waals surface area contributed by atoms with E-state index in [1.165, 1.54) is 4.31 Å². The standard InChI is InChI=1S/C12H21N3O2S2/c1-10(12-3-2-8-18-12)14-19(16,17)15-6-4-11(9-13)5-7-15/h2-3,8,10-11,14H,4-7,9,13H2,1H3. The fraction of sp³-hybridized carbons (Fsp3) is 0.667. The summed E-state index contributed by atoms with van der Waals surface area (Å²) in [6.45, 7) is 3.64. The first-order valence-electron chi connectivity index (χ1n) is 6.54. The number of piperidine rings is 1. The minimum absolute atomic E-state index is 0.183. The molecule has 0 bridgehead atoms. The van der Waals surface area contributed by atoms with Crippen LogP contribution in [0.5, 0.6) is 0 Å². The van der Waals surface area contributed by atoms with Crippen LogP contribution in [0.3, 0.4) is 0 Å². The van der Waals surface area contributed by atoms with Crippen LogP contribution >= 0.6 is 11.3 Å². The molecule has 19 heavy (non-hydrogen) atoms. The number of nitrogens with two attached hydrogens (primary N) is 1. The molecule has 5 nitrogen and oxygen atoms in total. The van der Waals surface area contributed by atoms with Gasteiger partial charge in [-0.05, 0) is 43.7 Å². The molecule has 0 amide bonds. The first kappa shape index (κ1) is 14.9. The maximum atomic E-state index is 12.3. The summed E-state index contributed by atoms with van der Waals surface area (Å²) in [7, 11) is -3.39. The molecule has 0 radical (unpaired) electrons. The zero-order valence-electron chi connectivity index (χ0n) is 11.1. The fourth-order valence-corrected chi connectivity index (χ4v) is 4.50. The smallest absolute Gasteiger partial charge is 0.280 e. The Hall–Kier alpha value is -0.470. The van der Waals surface area contributed by atoms with Crippen molar-refractivity contribution in [2.45, 2.75) is 25.8 Å². The van der Waals surface area contributed by atoms with Crippen molar-refractivity contribution < 1.29 is 8.42 Å². The van der Waals surface area contributed by atoms with Gasteiger partial charge in [0.15, 0.2) is 0 Å². The summed E-state index contributed by atoms with van der Waals surface area (Å²) in [6.07, 6.45) is 1.70. The lowest BCUT2D eigenvalue weighted by Crippen LogP contribution is -2.46. The van der Waals surface area contributed by atoms with Crippen molar-refractivity contribution in [2.24, 2.45) is 11.7 Å². The van der Waals surface area contributed by atoms with Gasteiger partial charge in [-0.2, -0.15) is 17.4 Å². The third-order valence-corrected chi connectivity index (χ3v) is 6.29. The van der Waals surface area contributed by atoms with Crippen LogP contribution in [0.2, 0.25) is 0 Å². The number of rotatable bonds is 5. The van der Waals surface area contributed by atoms with Crippen LogP contribution in [0.15, 0.2) is 17.5 Å². The van der Waals surface area contributed by atoms with Crippen LogP contribution in [0.4, 0.5) is 0 Å². The topological polar surface area (TPSA) is 75.4 Å². The lowest BCUT2D eigenvalue weighted by atomic mass is 9.99. The summed E-state index contributed by atoms with van der Waals surface area (Å²) in [5.74, 6) is 0.459. The summed E-state index contributed by atoms with van der Waals surface area (Å²) >= 11 is 1.56. The number of hydrogen-bond acceptors (Lipinski definition) is 4. The average Bonchev–Trinajstić information content (AvgIpc) is 2.92. The fourth-order valence-electron chi connectivity index (χ4n) is 2.28. The van der Waals surface area contributed by atoms with E-state index in [2.05, 4.69) is 4.72 Å². The van der Waals surface area contributed by atoms with Crippen LogP contribution in [0.1, 0.15) is 30.7 Å². The van der Waals surface area contributed by atoms with Crippen molar-refractivity contribution in [3.05, 3.63) is 22.4 Å². The Bertz CT molecular complexity index is 479. The molecule has 1 saturated heterocycles. The molecule has 0 aliphatic carbocycles. The SMILES string of the molecule is CC(NS(=O)(=O)N1CCC(CN)CC1)c1cccs1. The maximum absolute atomic E-state index is 12.3. The molecule has 0 aromatic carbocycles. The second kappa shape index (κ2) is 6.32. The number of thiophene rings is 1. The van der Waals surface area contributed by atoms with E-state index in [1.54, 1.807) is 11.3 Å². The summed E-state index contributed by atoms with van der Waals surface area (Å²) in [6, 6.07) is 3.69. The van der Waals surface area contributed by atoms with Crippen LogP contribution < -0.4 is 10.5 Å². The van der Waals surface area contributed by atoms with Crippen molar-refractivity contribution in [1.82, 2.24) is 9.03 Å². The maximum Gasteiger partial charge on any atom is 0.280 e. The van der Waals surface area contributed by atoms with Crippen LogP contribution in [-0.4, -0.2) is 32.4 Å². The van der Waals surface area contributed by atoms with E-state index in [-0.39, 0.29) is 6.04 Å². The lowest BCUT2D eigenvalue weighted by molar-refractivity contribution is 0.275. The highest BCUT2D eigenvalue weighted by Crippen LogP contribution is 2.22. The summed E-state index contributed by atoms with van der Waals surface area (Å²) in [5, 5.41) is 1.95. The first-order chi connectivity index (χ1) is 9.03. The molecule has 2 heterocycles. The minimum atomic E-state index is -3.39. The van der Waals surface area contributed by atoms with E-state index in [0.717, 1.165) is 17.7 Å². The van der Waals surface area contributed by atoms with Gasteiger partial charge in [0, 0.05) is 18.0 Å². The molecule has 3 N–H and O–H groups in total. The van der Waals surface area contributed by atoms with Crippen molar-refractivity contribution in [3.8, 4) is 0 Å². The molecule has 1 fully saturated rings. The monoisotopic (exact) mass is 303 g/mol. The molecule has 1 aliphatic rings. The van der Waals surface area contributed by atoms with Gasteiger partial charge in [-0.15, -0.1) is 11.3 Å². The third kappa shape index (κ3) is 3.76. The van der Waals surface area contributed by atoms with E-state index < -0.39 is 10.2 Å². The lowest BCUT2D eigenvalue weighted by Gasteiger charge is -2.31. The highest BCUT2D eigenvalue weighted by molar-refractivity contribution is 7.87. The molecule has 0 spiro atoms. The molecule has 7 heteroatoms. The predicted molar refractivity (Wildman–Crippen MR) is 78.1 cm³/mol. The first-order valence-corrected chi connectivity index (χ1v) is 8.86. The average molecular weight is 303 g/mol. The van der Waals surface area contributed by atoms with Crippen molar-refractivity contribution >= 4 is 21.5 Å². The Morgan fingerprint density at radius 3 is 2.74 bits per heavy atom. The quantitative estimate of drug-likeness (QED) is 0.861. The Balaban J connectivity index is 1.95. The van der Waals surface area contributed by atoms with E-state index >= 15 is 0 Å². The van der Waals surface area contributed by atoms with E-state index in [9.17, 15) is 8.42 Å². The molecule has 1 unspecified atom stereocenters. The van der Waals surface area contributed by atoms with Gasteiger partial charge in [0.2, 0.25) is 0 Å². The second-order valence-electron chi connectivity index (χ2n) is 4.94. The normalized spacial score (nSPS) is 20.5. The highest BCUT2D eigenvalue weighted by Gasteiger charge is 2.28. The molecule has 1 aromatic rings. The van der Waals surface area contributed by atoms with Crippen LogP contribution in [0.25, 0.3) is 0 Å². The molecular formula is C12H21N3O2S2. The Morgan fingerprint density at radius 1 is 1.53 bits per heavy atom. The van der Waals surface area contributed by atoms with Crippen LogP contribution in [0, 0.1) is 5.92 Å². The second-order valence-corrected chi connectivity index (χ2v) is 7.62. The van der Waals surface area contributed by atoms with Gasteiger partial charge in [-0.3, -0.25) is 0 Å².